The first kappa shape index (κ1) is 17.5. The SMILES string of the molecule is CCC(C)NC(=O)c1ccc(N(C)S(=O)(=O)c2cccs2)cc1. The van der Waals surface area contributed by atoms with Crippen LogP contribution in [0, 0.1) is 0 Å². The Balaban J connectivity index is 2.18. The number of sulfonamides is 1. The fraction of sp³-hybridized carbons (Fsp3) is 0.312. The van der Waals surface area contributed by atoms with Crippen molar-refractivity contribution in [3.05, 3.63) is 47.3 Å². The number of amides is 1. The lowest BCUT2D eigenvalue weighted by atomic mass is 10.1. The van der Waals surface area contributed by atoms with Crippen LogP contribution in [0.25, 0.3) is 0 Å². The fourth-order valence-corrected chi connectivity index (χ4v) is 4.27. The summed E-state index contributed by atoms with van der Waals surface area (Å²) in [6, 6.07) is 9.91. The molecule has 2 aromatic rings. The normalized spacial score (nSPS) is 12.7. The molecule has 0 bridgehead atoms. The second-order valence-corrected chi connectivity index (χ2v) is 8.38. The van der Waals surface area contributed by atoms with Gasteiger partial charge in [0, 0.05) is 18.7 Å². The van der Waals surface area contributed by atoms with Crippen molar-refractivity contribution in [2.45, 2.75) is 30.5 Å². The van der Waals surface area contributed by atoms with Crippen LogP contribution in [0.2, 0.25) is 0 Å². The quantitative estimate of drug-likeness (QED) is 0.869. The van der Waals surface area contributed by atoms with Crippen LogP contribution in [0.15, 0.2) is 46.0 Å². The number of hydrogen-bond acceptors (Lipinski definition) is 4. The van der Waals surface area contributed by atoms with Crippen molar-refractivity contribution in [3.63, 3.8) is 0 Å². The topological polar surface area (TPSA) is 66.5 Å². The Bertz CT molecular complexity index is 753. The zero-order chi connectivity index (χ0) is 17.0. The minimum atomic E-state index is -3.55. The summed E-state index contributed by atoms with van der Waals surface area (Å²) in [5, 5.41) is 4.60. The summed E-state index contributed by atoms with van der Waals surface area (Å²) in [4.78, 5) is 12.0. The Labute approximate surface area is 141 Å². The number of rotatable bonds is 6. The Kier molecular flexibility index (Phi) is 5.43. The van der Waals surface area contributed by atoms with Gasteiger partial charge in [-0.15, -0.1) is 11.3 Å². The number of benzene rings is 1. The van der Waals surface area contributed by atoms with E-state index >= 15 is 0 Å². The van der Waals surface area contributed by atoms with Gasteiger partial charge in [-0.25, -0.2) is 8.42 Å². The van der Waals surface area contributed by atoms with Gasteiger partial charge in [0.2, 0.25) is 0 Å². The van der Waals surface area contributed by atoms with E-state index in [4.69, 9.17) is 0 Å². The molecule has 0 saturated carbocycles. The van der Waals surface area contributed by atoms with Crippen LogP contribution >= 0.6 is 11.3 Å². The van der Waals surface area contributed by atoms with Crippen molar-refractivity contribution >= 4 is 33.0 Å². The van der Waals surface area contributed by atoms with Crippen LogP contribution < -0.4 is 9.62 Å². The Hall–Kier alpha value is -1.86. The van der Waals surface area contributed by atoms with E-state index in [-0.39, 0.29) is 11.9 Å². The molecule has 5 nitrogen and oxygen atoms in total. The standard InChI is InChI=1S/C16H20N2O3S2/c1-4-12(2)17-16(19)13-7-9-14(10-8-13)18(3)23(20,21)15-6-5-11-22-15/h5-12H,4H2,1-3H3,(H,17,19). The van der Waals surface area contributed by atoms with Crippen molar-refractivity contribution < 1.29 is 13.2 Å². The van der Waals surface area contributed by atoms with Crippen LogP contribution in [-0.2, 0) is 10.0 Å². The third-order valence-corrected chi connectivity index (χ3v) is 6.75. The van der Waals surface area contributed by atoms with Crippen molar-refractivity contribution in [1.29, 1.82) is 0 Å². The molecule has 23 heavy (non-hydrogen) atoms. The molecule has 1 unspecified atom stereocenters. The van der Waals surface area contributed by atoms with Crippen LogP contribution in [0.4, 0.5) is 5.69 Å². The summed E-state index contributed by atoms with van der Waals surface area (Å²) in [5.41, 5.74) is 1.02. The van der Waals surface area contributed by atoms with Gasteiger partial charge in [0.25, 0.3) is 15.9 Å². The van der Waals surface area contributed by atoms with Gasteiger partial charge in [-0.05, 0) is 49.1 Å². The zero-order valence-electron chi connectivity index (χ0n) is 13.3. The molecule has 1 aromatic heterocycles. The van der Waals surface area contributed by atoms with E-state index in [0.29, 0.717) is 15.5 Å². The van der Waals surface area contributed by atoms with E-state index in [1.165, 1.54) is 22.7 Å². The van der Waals surface area contributed by atoms with Gasteiger partial charge in [0.05, 0.1) is 5.69 Å². The molecule has 0 aliphatic carbocycles. The van der Waals surface area contributed by atoms with Crippen molar-refractivity contribution in [1.82, 2.24) is 5.32 Å². The molecule has 2 rings (SSSR count). The second-order valence-electron chi connectivity index (χ2n) is 5.23. The summed E-state index contributed by atoms with van der Waals surface area (Å²) in [6.45, 7) is 3.94. The van der Waals surface area contributed by atoms with Gasteiger partial charge in [-0.1, -0.05) is 13.0 Å². The minimum Gasteiger partial charge on any atom is -0.350 e. The van der Waals surface area contributed by atoms with Crippen LogP contribution in [0.1, 0.15) is 30.6 Å². The van der Waals surface area contributed by atoms with E-state index in [2.05, 4.69) is 5.32 Å². The number of carbonyl (C=O) groups excluding carboxylic acids is 1. The summed E-state index contributed by atoms with van der Waals surface area (Å²) in [5.74, 6) is -0.158. The predicted octanol–water partition coefficient (Wildman–Crippen LogP) is 3.10. The van der Waals surface area contributed by atoms with Crippen LogP contribution in [0.3, 0.4) is 0 Å². The molecule has 124 valence electrons. The molecule has 1 amide bonds. The Morgan fingerprint density at radius 1 is 1.26 bits per heavy atom. The van der Waals surface area contributed by atoms with E-state index in [0.717, 1.165) is 6.42 Å². The molecular formula is C16H20N2O3S2. The molecule has 1 atom stereocenters. The lowest BCUT2D eigenvalue weighted by molar-refractivity contribution is 0.0939. The first-order chi connectivity index (χ1) is 10.9. The van der Waals surface area contributed by atoms with Crippen LogP contribution in [-0.4, -0.2) is 27.4 Å². The average molecular weight is 352 g/mol. The second kappa shape index (κ2) is 7.14. The molecule has 1 N–H and O–H groups in total. The molecular weight excluding hydrogens is 332 g/mol. The van der Waals surface area contributed by atoms with E-state index < -0.39 is 10.0 Å². The predicted molar refractivity (Wildman–Crippen MR) is 93.6 cm³/mol. The first-order valence-corrected chi connectivity index (χ1v) is 9.61. The van der Waals surface area contributed by atoms with E-state index in [1.807, 2.05) is 13.8 Å². The summed E-state index contributed by atoms with van der Waals surface area (Å²) in [6.07, 6.45) is 0.853. The zero-order valence-corrected chi connectivity index (χ0v) is 14.9. The summed E-state index contributed by atoms with van der Waals surface area (Å²) < 4.78 is 26.4. The molecule has 0 radical (unpaired) electrons. The molecule has 1 aromatic carbocycles. The Morgan fingerprint density at radius 3 is 2.43 bits per heavy atom. The van der Waals surface area contributed by atoms with Gasteiger partial charge >= 0.3 is 0 Å². The van der Waals surface area contributed by atoms with E-state index in [9.17, 15) is 13.2 Å². The largest absolute Gasteiger partial charge is 0.350 e. The van der Waals surface area contributed by atoms with Gasteiger partial charge in [-0.3, -0.25) is 9.10 Å². The average Bonchev–Trinajstić information content (AvgIpc) is 3.09. The summed E-state index contributed by atoms with van der Waals surface area (Å²) >= 11 is 1.18. The molecule has 0 aliphatic heterocycles. The third kappa shape index (κ3) is 3.92. The first-order valence-electron chi connectivity index (χ1n) is 7.29. The maximum absolute atomic E-state index is 12.5. The van der Waals surface area contributed by atoms with Crippen molar-refractivity contribution in [3.8, 4) is 0 Å². The van der Waals surface area contributed by atoms with Crippen molar-refractivity contribution in [2.75, 3.05) is 11.4 Å². The van der Waals surface area contributed by atoms with E-state index in [1.54, 1.807) is 41.8 Å². The number of carbonyl (C=O) groups is 1. The number of nitrogens with one attached hydrogen (secondary N) is 1. The van der Waals surface area contributed by atoms with Gasteiger partial charge in [0.15, 0.2) is 0 Å². The lowest BCUT2D eigenvalue weighted by Gasteiger charge is -2.19. The molecule has 0 spiro atoms. The smallest absolute Gasteiger partial charge is 0.273 e. The van der Waals surface area contributed by atoms with Crippen molar-refractivity contribution in [2.24, 2.45) is 0 Å². The number of thiophene rings is 1. The molecule has 0 saturated heterocycles. The highest BCUT2D eigenvalue weighted by atomic mass is 32.2. The summed E-state index contributed by atoms with van der Waals surface area (Å²) in [7, 11) is -2.05. The molecule has 0 aliphatic rings. The maximum atomic E-state index is 12.5. The fourth-order valence-electron chi connectivity index (χ4n) is 1.92. The highest BCUT2D eigenvalue weighted by molar-refractivity contribution is 7.94. The third-order valence-electron chi connectivity index (χ3n) is 3.59. The number of hydrogen-bond donors (Lipinski definition) is 1. The van der Waals surface area contributed by atoms with Gasteiger partial charge in [0.1, 0.15) is 4.21 Å². The van der Waals surface area contributed by atoms with Crippen LogP contribution in [0.5, 0.6) is 0 Å². The van der Waals surface area contributed by atoms with Gasteiger partial charge < -0.3 is 5.32 Å². The monoisotopic (exact) mass is 352 g/mol. The number of anilines is 1. The molecule has 1 heterocycles. The maximum Gasteiger partial charge on any atom is 0.273 e. The highest BCUT2D eigenvalue weighted by Gasteiger charge is 2.22. The molecule has 0 fully saturated rings. The lowest BCUT2D eigenvalue weighted by Crippen LogP contribution is -2.32. The minimum absolute atomic E-state index is 0.101. The number of nitrogens with zero attached hydrogens (tertiary/aromatic N) is 1. The van der Waals surface area contributed by atoms with Gasteiger partial charge in [-0.2, -0.15) is 0 Å². The Morgan fingerprint density at radius 2 is 1.91 bits per heavy atom. The highest BCUT2D eigenvalue weighted by Crippen LogP contribution is 2.25. The molecule has 7 heteroatoms.